The van der Waals surface area contributed by atoms with Crippen molar-refractivity contribution in [2.24, 2.45) is 0 Å². The maximum atomic E-state index is 11.1. The van der Waals surface area contributed by atoms with Crippen molar-refractivity contribution in [3.8, 4) is 5.75 Å². The molecule has 0 saturated heterocycles. The van der Waals surface area contributed by atoms with Crippen molar-refractivity contribution in [2.75, 3.05) is 7.05 Å². The summed E-state index contributed by atoms with van der Waals surface area (Å²) in [5.74, 6) is 0.576. The lowest BCUT2D eigenvalue weighted by Crippen LogP contribution is -2.22. The summed E-state index contributed by atoms with van der Waals surface area (Å²) in [6.07, 6.45) is -0.452. The number of hydrogen-bond acceptors (Lipinski definition) is 2. The summed E-state index contributed by atoms with van der Waals surface area (Å²) in [7, 11) is 1.54. The van der Waals surface area contributed by atoms with Crippen LogP contribution in [0.25, 0.3) is 10.8 Å². The van der Waals surface area contributed by atoms with E-state index in [-0.39, 0.29) is 12.4 Å². The lowest BCUT2D eigenvalue weighted by Gasteiger charge is -2.06. The van der Waals surface area contributed by atoms with Gasteiger partial charge in [0.1, 0.15) is 5.75 Å². The van der Waals surface area contributed by atoms with Gasteiger partial charge in [-0.2, -0.15) is 0 Å². The minimum atomic E-state index is -0.452. The Hall–Kier alpha value is -1.74. The molecule has 0 bridgehead atoms. The molecule has 0 aliphatic carbocycles. The smallest absolute Gasteiger partial charge is 0.410 e. The average Bonchev–Trinajstić information content (AvgIpc) is 2.29. The van der Waals surface area contributed by atoms with E-state index < -0.39 is 6.09 Å². The number of halogens is 1. The number of rotatable bonds is 1. The number of fused-ring (bicyclic) bond motifs is 1. The van der Waals surface area contributed by atoms with Crippen LogP contribution < -0.4 is 10.1 Å². The Morgan fingerprint density at radius 2 is 1.81 bits per heavy atom. The molecule has 4 heteroatoms. The Bertz CT molecular complexity index is 494. The van der Waals surface area contributed by atoms with Crippen LogP contribution in [-0.2, 0) is 0 Å². The molecule has 0 aliphatic heterocycles. The Morgan fingerprint density at radius 3 is 2.56 bits per heavy atom. The van der Waals surface area contributed by atoms with Crippen LogP contribution in [-0.4, -0.2) is 13.1 Å². The summed E-state index contributed by atoms with van der Waals surface area (Å²) < 4.78 is 5.13. The molecule has 0 unspecified atom stereocenters. The number of carbonyl (C=O) groups is 1. The van der Waals surface area contributed by atoms with Gasteiger partial charge in [0.25, 0.3) is 0 Å². The summed E-state index contributed by atoms with van der Waals surface area (Å²) in [4.78, 5) is 11.1. The van der Waals surface area contributed by atoms with Crippen molar-refractivity contribution in [1.29, 1.82) is 0 Å². The lowest BCUT2D eigenvalue weighted by atomic mass is 10.1. The Labute approximate surface area is 99.8 Å². The molecule has 1 amide bonds. The number of amides is 1. The van der Waals surface area contributed by atoms with Crippen LogP contribution in [0.3, 0.4) is 0 Å². The summed E-state index contributed by atoms with van der Waals surface area (Å²) >= 11 is 0. The summed E-state index contributed by atoms with van der Waals surface area (Å²) in [6.45, 7) is 0. The fourth-order valence-electron chi connectivity index (χ4n) is 1.44. The normalized spacial score (nSPS) is 9.31. The molecule has 0 fully saturated rings. The van der Waals surface area contributed by atoms with Gasteiger partial charge < -0.3 is 10.1 Å². The molecule has 16 heavy (non-hydrogen) atoms. The zero-order chi connectivity index (χ0) is 10.7. The second-order valence-electron chi connectivity index (χ2n) is 3.12. The molecule has 0 saturated carbocycles. The largest absolute Gasteiger partial charge is 0.412 e. The monoisotopic (exact) mass is 237 g/mol. The quantitative estimate of drug-likeness (QED) is 0.828. The third kappa shape index (κ3) is 2.44. The highest BCUT2D eigenvalue weighted by atomic mass is 35.5. The third-order valence-electron chi connectivity index (χ3n) is 2.16. The van der Waals surface area contributed by atoms with Crippen LogP contribution >= 0.6 is 12.4 Å². The lowest BCUT2D eigenvalue weighted by molar-refractivity contribution is 0.203. The van der Waals surface area contributed by atoms with Crippen LogP contribution in [0.1, 0.15) is 0 Å². The Balaban J connectivity index is 0.00000128. The molecule has 0 spiro atoms. The van der Waals surface area contributed by atoms with Gasteiger partial charge in [0.15, 0.2) is 0 Å². The number of benzene rings is 2. The zero-order valence-electron chi connectivity index (χ0n) is 8.77. The molecule has 0 aliphatic rings. The number of ether oxygens (including phenoxy) is 1. The standard InChI is InChI=1S/C12H11NO2.ClH/c1-13-12(14)15-11-8-4-6-9-5-2-3-7-10(9)11;/h2-8H,1H3,(H,13,14);1H. The molecule has 0 atom stereocenters. The number of hydrogen-bond donors (Lipinski definition) is 1. The van der Waals surface area contributed by atoms with Crippen LogP contribution in [0, 0.1) is 0 Å². The van der Waals surface area contributed by atoms with Crippen molar-refractivity contribution in [2.45, 2.75) is 0 Å². The molecule has 0 heterocycles. The Kier molecular flexibility index (Phi) is 4.14. The summed E-state index contributed by atoms with van der Waals surface area (Å²) in [5.41, 5.74) is 0. The van der Waals surface area contributed by atoms with Crippen molar-refractivity contribution in [3.63, 3.8) is 0 Å². The number of carbonyl (C=O) groups excluding carboxylic acids is 1. The molecular weight excluding hydrogens is 226 g/mol. The molecule has 2 rings (SSSR count). The van der Waals surface area contributed by atoms with E-state index in [2.05, 4.69) is 5.32 Å². The zero-order valence-corrected chi connectivity index (χ0v) is 9.58. The average molecular weight is 238 g/mol. The van der Waals surface area contributed by atoms with Crippen molar-refractivity contribution in [3.05, 3.63) is 42.5 Å². The van der Waals surface area contributed by atoms with Crippen molar-refractivity contribution < 1.29 is 9.53 Å². The van der Waals surface area contributed by atoms with Crippen LogP contribution in [0.5, 0.6) is 5.75 Å². The van der Waals surface area contributed by atoms with Gasteiger partial charge in [-0.15, -0.1) is 12.4 Å². The minimum Gasteiger partial charge on any atom is -0.410 e. The molecule has 1 N–H and O–H groups in total. The fourth-order valence-corrected chi connectivity index (χ4v) is 1.44. The third-order valence-corrected chi connectivity index (χ3v) is 2.16. The highest BCUT2D eigenvalue weighted by Gasteiger charge is 2.04. The van der Waals surface area contributed by atoms with Crippen LogP contribution in [0.4, 0.5) is 4.79 Å². The second kappa shape index (κ2) is 5.37. The van der Waals surface area contributed by atoms with E-state index in [0.717, 1.165) is 10.8 Å². The molecular formula is C12H12ClNO2. The molecule has 3 nitrogen and oxygen atoms in total. The molecule has 2 aromatic rings. The van der Waals surface area contributed by atoms with E-state index in [0.29, 0.717) is 5.75 Å². The highest BCUT2D eigenvalue weighted by Crippen LogP contribution is 2.24. The van der Waals surface area contributed by atoms with Gasteiger partial charge in [-0.3, -0.25) is 0 Å². The second-order valence-corrected chi connectivity index (χ2v) is 3.12. The first-order chi connectivity index (χ1) is 7.31. The van der Waals surface area contributed by atoms with Gasteiger partial charge in [-0.05, 0) is 11.5 Å². The van der Waals surface area contributed by atoms with E-state index in [9.17, 15) is 4.79 Å². The van der Waals surface area contributed by atoms with Gasteiger partial charge >= 0.3 is 6.09 Å². The predicted molar refractivity (Wildman–Crippen MR) is 66.3 cm³/mol. The van der Waals surface area contributed by atoms with E-state index in [4.69, 9.17) is 4.74 Å². The summed E-state index contributed by atoms with van der Waals surface area (Å²) in [5, 5.41) is 4.41. The fraction of sp³-hybridized carbons (Fsp3) is 0.0833. The summed E-state index contributed by atoms with van der Waals surface area (Å²) in [6, 6.07) is 13.4. The van der Waals surface area contributed by atoms with Gasteiger partial charge in [0.05, 0.1) is 0 Å². The van der Waals surface area contributed by atoms with E-state index >= 15 is 0 Å². The van der Waals surface area contributed by atoms with Crippen LogP contribution in [0.15, 0.2) is 42.5 Å². The predicted octanol–water partition coefficient (Wildman–Crippen LogP) is 2.98. The van der Waals surface area contributed by atoms with Gasteiger partial charge in [-0.25, -0.2) is 4.79 Å². The highest BCUT2D eigenvalue weighted by molar-refractivity contribution is 5.90. The van der Waals surface area contributed by atoms with Crippen LogP contribution in [0.2, 0.25) is 0 Å². The maximum Gasteiger partial charge on any atom is 0.412 e. The van der Waals surface area contributed by atoms with E-state index in [1.54, 1.807) is 6.07 Å². The molecule has 2 aromatic carbocycles. The first-order valence-corrected chi connectivity index (χ1v) is 4.68. The maximum absolute atomic E-state index is 11.1. The van der Waals surface area contributed by atoms with Crippen molar-refractivity contribution >= 4 is 29.3 Å². The first-order valence-electron chi connectivity index (χ1n) is 4.68. The van der Waals surface area contributed by atoms with Crippen molar-refractivity contribution in [1.82, 2.24) is 5.32 Å². The minimum absolute atomic E-state index is 0. The van der Waals surface area contributed by atoms with Gasteiger partial charge in [-0.1, -0.05) is 36.4 Å². The first kappa shape index (κ1) is 12.3. The van der Waals surface area contributed by atoms with Gasteiger partial charge in [0, 0.05) is 12.4 Å². The molecule has 0 aromatic heterocycles. The number of nitrogens with one attached hydrogen (secondary N) is 1. The molecule has 84 valence electrons. The van der Waals surface area contributed by atoms with E-state index in [1.165, 1.54) is 7.05 Å². The van der Waals surface area contributed by atoms with E-state index in [1.807, 2.05) is 36.4 Å². The SMILES string of the molecule is CNC(=O)Oc1cccc2ccccc12.Cl. The van der Waals surface area contributed by atoms with Gasteiger partial charge in [0.2, 0.25) is 0 Å². The molecule has 0 radical (unpaired) electrons. The Morgan fingerprint density at radius 1 is 1.12 bits per heavy atom. The topological polar surface area (TPSA) is 38.3 Å².